The number of Topliss-reactive ketones (excluding diaryl/α,β-unsaturated/α-hetero) is 1. The van der Waals surface area contributed by atoms with E-state index in [1.54, 1.807) is 19.2 Å². The van der Waals surface area contributed by atoms with Crippen LogP contribution in [0.4, 0.5) is 0 Å². The Kier molecular flexibility index (Phi) is 4.90. The Hall–Kier alpha value is -1.43. The average molecular weight is 265 g/mol. The number of para-hydroxylation sites is 1. The fraction of sp³-hybridized carbons (Fsp3) is 0.500. The highest BCUT2D eigenvalue weighted by Gasteiger charge is 2.33. The van der Waals surface area contributed by atoms with Crippen molar-refractivity contribution < 1.29 is 19.0 Å². The molecule has 0 amide bonds. The number of ether oxygens (including phenoxy) is 3. The maximum absolute atomic E-state index is 12.4. The molecule has 1 heterocycles. The van der Waals surface area contributed by atoms with Gasteiger partial charge in [-0.25, -0.2) is 0 Å². The Balaban J connectivity index is 2.12. The summed E-state index contributed by atoms with van der Waals surface area (Å²) in [6.07, 6.45) is 0. The summed E-state index contributed by atoms with van der Waals surface area (Å²) in [6, 6.07) is 6.96. The average Bonchev–Trinajstić information content (AvgIpc) is 2.85. The largest absolute Gasteiger partial charge is 0.490 e. The van der Waals surface area contributed by atoms with Crippen LogP contribution >= 0.6 is 0 Å². The van der Waals surface area contributed by atoms with E-state index in [2.05, 4.69) is 0 Å². The number of ketones is 1. The molecule has 19 heavy (non-hydrogen) atoms. The minimum absolute atomic E-state index is 0.0157. The summed E-state index contributed by atoms with van der Waals surface area (Å²) in [5.74, 6) is 0.272. The molecule has 1 aromatic carbocycles. The molecule has 104 valence electrons. The number of methoxy groups -OCH3 is 1. The SMILES string of the molecule is COCCOc1ccccc1C(=O)C1COCC1N. The minimum atomic E-state index is -0.285. The van der Waals surface area contributed by atoms with Gasteiger partial charge in [0.15, 0.2) is 5.78 Å². The summed E-state index contributed by atoms with van der Waals surface area (Å²) in [6.45, 7) is 1.71. The third-order valence-electron chi connectivity index (χ3n) is 3.16. The Bertz CT molecular complexity index is 435. The maximum atomic E-state index is 12.4. The molecular weight excluding hydrogens is 246 g/mol. The lowest BCUT2D eigenvalue weighted by Crippen LogP contribution is -2.34. The monoisotopic (exact) mass is 265 g/mol. The van der Waals surface area contributed by atoms with Crippen molar-refractivity contribution in [3.8, 4) is 5.75 Å². The van der Waals surface area contributed by atoms with Gasteiger partial charge < -0.3 is 19.9 Å². The molecule has 0 saturated carbocycles. The molecule has 0 aliphatic carbocycles. The highest BCUT2D eigenvalue weighted by molar-refractivity contribution is 6.01. The summed E-state index contributed by atoms with van der Waals surface area (Å²) in [5.41, 5.74) is 6.44. The molecule has 0 radical (unpaired) electrons. The van der Waals surface area contributed by atoms with E-state index in [4.69, 9.17) is 19.9 Å². The summed E-state index contributed by atoms with van der Waals surface area (Å²) >= 11 is 0. The van der Waals surface area contributed by atoms with E-state index in [9.17, 15) is 4.79 Å². The summed E-state index contributed by atoms with van der Waals surface area (Å²) in [4.78, 5) is 12.4. The molecule has 0 bridgehead atoms. The van der Waals surface area contributed by atoms with Crippen LogP contribution < -0.4 is 10.5 Å². The first-order valence-corrected chi connectivity index (χ1v) is 6.32. The fourth-order valence-corrected chi connectivity index (χ4v) is 2.07. The minimum Gasteiger partial charge on any atom is -0.490 e. The van der Waals surface area contributed by atoms with Crippen molar-refractivity contribution in [2.24, 2.45) is 11.7 Å². The third-order valence-corrected chi connectivity index (χ3v) is 3.16. The van der Waals surface area contributed by atoms with Gasteiger partial charge in [0.2, 0.25) is 0 Å². The molecule has 2 atom stereocenters. The highest BCUT2D eigenvalue weighted by atomic mass is 16.5. The molecule has 1 fully saturated rings. The molecule has 5 heteroatoms. The van der Waals surface area contributed by atoms with E-state index >= 15 is 0 Å². The molecule has 1 aliphatic heterocycles. The van der Waals surface area contributed by atoms with Crippen molar-refractivity contribution in [1.29, 1.82) is 0 Å². The standard InChI is InChI=1S/C14H19NO4/c1-17-6-7-19-13-5-3-2-4-10(13)14(16)11-8-18-9-12(11)15/h2-5,11-12H,6-9,15H2,1H3. The van der Waals surface area contributed by atoms with Crippen LogP contribution in [0.5, 0.6) is 5.75 Å². The zero-order valence-electron chi connectivity index (χ0n) is 11.0. The molecule has 2 unspecified atom stereocenters. The van der Waals surface area contributed by atoms with Crippen LogP contribution in [0.2, 0.25) is 0 Å². The van der Waals surface area contributed by atoms with E-state index in [-0.39, 0.29) is 17.7 Å². The smallest absolute Gasteiger partial charge is 0.173 e. The summed E-state index contributed by atoms with van der Waals surface area (Å²) in [5, 5.41) is 0. The van der Waals surface area contributed by atoms with Gasteiger partial charge in [-0.3, -0.25) is 4.79 Å². The topological polar surface area (TPSA) is 70.8 Å². The first kappa shape index (κ1) is 14.0. The van der Waals surface area contributed by atoms with Gasteiger partial charge in [-0.05, 0) is 12.1 Å². The van der Waals surface area contributed by atoms with E-state index in [1.165, 1.54) is 0 Å². The first-order chi connectivity index (χ1) is 9.24. The molecule has 1 aromatic rings. The molecule has 1 saturated heterocycles. The highest BCUT2D eigenvalue weighted by Crippen LogP contribution is 2.24. The first-order valence-electron chi connectivity index (χ1n) is 6.32. The molecule has 5 nitrogen and oxygen atoms in total. The van der Waals surface area contributed by atoms with Crippen molar-refractivity contribution in [3.63, 3.8) is 0 Å². The number of hydrogen-bond acceptors (Lipinski definition) is 5. The van der Waals surface area contributed by atoms with Crippen LogP contribution in [0.25, 0.3) is 0 Å². The maximum Gasteiger partial charge on any atom is 0.173 e. The van der Waals surface area contributed by atoms with Gasteiger partial charge in [-0.2, -0.15) is 0 Å². The normalized spacial score (nSPS) is 22.4. The van der Waals surface area contributed by atoms with Crippen LogP contribution in [0.1, 0.15) is 10.4 Å². The van der Waals surface area contributed by atoms with Gasteiger partial charge >= 0.3 is 0 Å². The Morgan fingerprint density at radius 1 is 1.37 bits per heavy atom. The molecule has 2 N–H and O–H groups in total. The predicted molar refractivity (Wildman–Crippen MR) is 70.4 cm³/mol. The predicted octanol–water partition coefficient (Wildman–Crippen LogP) is 0.868. The quantitative estimate of drug-likeness (QED) is 0.610. The molecule has 0 aromatic heterocycles. The number of nitrogens with two attached hydrogens (primary N) is 1. The van der Waals surface area contributed by atoms with Gasteiger partial charge in [0.1, 0.15) is 12.4 Å². The van der Waals surface area contributed by atoms with Crippen molar-refractivity contribution in [2.75, 3.05) is 33.5 Å². The molecule has 0 spiro atoms. The van der Waals surface area contributed by atoms with Gasteiger partial charge in [0, 0.05) is 13.2 Å². The second-order valence-corrected chi connectivity index (χ2v) is 4.51. The summed E-state index contributed by atoms with van der Waals surface area (Å²) in [7, 11) is 1.61. The zero-order chi connectivity index (χ0) is 13.7. The Morgan fingerprint density at radius 3 is 2.84 bits per heavy atom. The second kappa shape index (κ2) is 6.65. The van der Waals surface area contributed by atoms with Gasteiger partial charge in [0.05, 0.1) is 31.3 Å². The summed E-state index contributed by atoms with van der Waals surface area (Å²) < 4.78 is 15.7. The van der Waals surface area contributed by atoms with Crippen molar-refractivity contribution in [2.45, 2.75) is 6.04 Å². The van der Waals surface area contributed by atoms with Crippen molar-refractivity contribution >= 4 is 5.78 Å². The number of hydrogen-bond donors (Lipinski definition) is 1. The Morgan fingerprint density at radius 2 is 2.16 bits per heavy atom. The number of carbonyl (C=O) groups is 1. The van der Waals surface area contributed by atoms with Crippen LogP contribution in [0.3, 0.4) is 0 Å². The van der Waals surface area contributed by atoms with Gasteiger partial charge in [-0.15, -0.1) is 0 Å². The van der Waals surface area contributed by atoms with Gasteiger partial charge in [-0.1, -0.05) is 12.1 Å². The Labute approximate surface area is 112 Å². The lowest BCUT2D eigenvalue weighted by Gasteiger charge is -2.15. The third kappa shape index (κ3) is 3.32. The van der Waals surface area contributed by atoms with Crippen molar-refractivity contribution in [3.05, 3.63) is 29.8 Å². The molecule has 1 aliphatic rings. The number of rotatable bonds is 6. The lowest BCUT2D eigenvalue weighted by atomic mass is 9.93. The van der Waals surface area contributed by atoms with Crippen LogP contribution in [-0.4, -0.2) is 45.4 Å². The number of benzene rings is 1. The molecule has 2 rings (SSSR count). The van der Waals surface area contributed by atoms with Gasteiger partial charge in [0.25, 0.3) is 0 Å². The zero-order valence-corrected chi connectivity index (χ0v) is 11.0. The van der Waals surface area contributed by atoms with Crippen LogP contribution in [0.15, 0.2) is 24.3 Å². The lowest BCUT2D eigenvalue weighted by molar-refractivity contribution is 0.0888. The van der Waals surface area contributed by atoms with Crippen LogP contribution in [0, 0.1) is 5.92 Å². The van der Waals surface area contributed by atoms with Crippen LogP contribution in [-0.2, 0) is 9.47 Å². The number of carbonyl (C=O) groups excluding carboxylic acids is 1. The molecular formula is C14H19NO4. The second-order valence-electron chi connectivity index (χ2n) is 4.51. The van der Waals surface area contributed by atoms with Crippen molar-refractivity contribution in [1.82, 2.24) is 0 Å². The van der Waals surface area contributed by atoms with E-state index in [1.807, 2.05) is 12.1 Å². The van der Waals surface area contributed by atoms with E-state index in [0.29, 0.717) is 37.7 Å². The van der Waals surface area contributed by atoms with E-state index < -0.39 is 0 Å². The fourth-order valence-electron chi connectivity index (χ4n) is 2.07. The van der Waals surface area contributed by atoms with E-state index in [0.717, 1.165) is 0 Å².